The Morgan fingerprint density at radius 2 is 2.22 bits per heavy atom. The Hall–Kier alpha value is -2.04. The molecule has 0 atom stereocenters. The van der Waals surface area contributed by atoms with Crippen molar-refractivity contribution in [2.24, 2.45) is 5.41 Å². The predicted molar refractivity (Wildman–Crippen MR) is 63.2 cm³/mol. The molecule has 0 saturated heterocycles. The van der Waals surface area contributed by atoms with E-state index in [0.29, 0.717) is 17.1 Å². The molecule has 0 spiro atoms. The van der Waals surface area contributed by atoms with Crippen molar-refractivity contribution in [3.8, 4) is 11.5 Å². The molecule has 0 saturated carbocycles. The molecule has 2 rings (SSSR count). The molecule has 1 aliphatic rings. The Morgan fingerprint density at radius 3 is 2.89 bits per heavy atom. The highest BCUT2D eigenvalue weighted by molar-refractivity contribution is 6.02. The Morgan fingerprint density at radius 1 is 1.50 bits per heavy atom. The fraction of sp³-hybridized carbons (Fsp3) is 0.385. The van der Waals surface area contributed by atoms with Gasteiger partial charge in [-0.3, -0.25) is 9.59 Å². The largest absolute Gasteiger partial charge is 0.492 e. The Kier molecular flexibility index (Phi) is 2.98. The molecule has 0 unspecified atom stereocenters. The van der Waals surface area contributed by atoms with Crippen molar-refractivity contribution in [2.45, 2.75) is 13.8 Å². The molecule has 1 heterocycles. The van der Waals surface area contributed by atoms with E-state index in [1.54, 1.807) is 32.0 Å². The molecule has 96 valence electrons. The summed E-state index contributed by atoms with van der Waals surface area (Å²) in [6.07, 6.45) is 0. The van der Waals surface area contributed by atoms with Crippen LogP contribution >= 0.6 is 0 Å². The molecule has 1 aliphatic heterocycles. The molecule has 0 fully saturated rings. The number of Topliss-reactive ketones (excluding diaryl/α,β-unsaturated/α-hetero) is 1. The third-order valence-corrected chi connectivity index (χ3v) is 2.79. The number of aliphatic carboxylic acids is 1. The Labute approximate surface area is 104 Å². The van der Waals surface area contributed by atoms with E-state index in [1.807, 2.05) is 0 Å². The number of carbonyl (C=O) groups is 2. The van der Waals surface area contributed by atoms with Gasteiger partial charge in [-0.05, 0) is 26.0 Å². The summed E-state index contributed by atoms with van der Waals surface area (Å²) in [6.45, 7) is 3.28. The lowest BCUT2D eigenvalue weighted by molar-refractivity contribution is -0.148. The maximum atomic E-state index is 11.3. The lowest BCUT2D eigenvalue weighted by Crippen LogP contribution is -2.30. The maximum Gasteiger partial charge on any atom is 0.312 e. The second kappa shape index (κ2) is 4.33. The normalized spacial score (nSPS) is 14.0. The van der Waals surface area contributed by atoms with Crippen LogP contribution in [0, 0.1) is 5.41 Å². The van der Waals surface area contributed by atoms with Gasteiger partial charge in [-0.1, -0.05) is 0 Å². The number of ether oxygens (including phenoxy) is 2. The van der Waals surface area contributed by atoms with E-state index < -0.39 is 11.4 Å². The molecule has 0 radical (unpaired) electrons. The lowest BCUT2D eigenvalue weighted by Gasteiger charge is -2.19. The van der Waals surface area contributed by atoms with Crippen LogP contribution in [0.15, 0.2) is 18.2 Å². The van der Waals surface area contributed by atoms with Crippen LogP contribution in [0.3, 0.4) is 0 Å². The van der Waals surface area contributed by atoms with Gasteiger partial charge in [0.25, 0.3) is 0 Å². The van der Waals surface area contributed by atoms with Crippen LogP contribution in [-0.2, 0) is 4.79 Å². The minimum Gasteiger partial charge on any atom is -0.492 e. The van der Waals surface area contributed by atoms with E-state index in [4.69, 9.17) is 14.6 Å². The van der Waals surface area contributed by atoms with Crippen molar-refractivity contribution in [2.75, 3.05) is 13.2 Å². The third kappa shape index (κ3) is 2.30. The molecule has 1 N–H and O–H groups in total. The van der Waals surface area contributed by atoms with Crippen LogP contribution < -0.4 is 9.47 Å². The van der Waals surface area contributed by atoms with Crippen molar-refractivity contribution < 1.29 is 24.2 Å². The first-order valence-electron chi connectivity index (χ1n) is 5.56. The molecular weight excluding hydrogens is 236 g/mol. The Bertz CT molecular complexity index is 504. The number of carbonyl (C=O) groups excluding carboxylic acids is 1. The van der Waals surface area contributed by atoms with Gasteiger partial charge >= 0.3 is 5.97 Å². The summed E-state index contributed by atoms with van der Waals surface area (Å²) in [7, 11) is 0. The predicted octanol–water partition coefficient (Wildman–Crippen LogP) is 1.75. The van der Waals surface area contributed by atoms with Gasteiger partial charge in [0, 0.05) is 6.07 Å². The van der Waals surface area contributed by atoms with Crippen LogP contribution in [0.1, 0.15) is 24.2 Å². The van der Waals surface area contributed by atoms with Crippen molar-refractivity contribution in [1.29, 1.82) is 0 Å². The zero-order chi connectivity index (χ0) is 13.3. The summed E-state index contributed by atoms with van der Waals surface area (Å²) < 4.78 is 10.6. The summed E-state index contributed by atoms with van der Waals surface area (Å²) in [6, 6.07) is 4.88. The minimum atomic E-state index is -0.963. The van der Waals surface area contributed by atoms with Gasteiger partial charge < -0.3 is 14.6 Å². The van der Waals surface area contributed by atoms with Crippen molar-refractivity contribution in [3.63, 3.8) is 0 Å². The monoisotopic (exact) mass is 250 g/mol. The number of carboxylic acid groups (broad SMARTS) is 1. The van der Waals surface area contributed by atoms with E-state index >= 15 is 0 Å². The quantitative estimate of drug-likeness (QED) is 0.881. The number of benzene rings is 1. The highest BCUT2D eigenvalue weighted by Gasteiger charge is 2.28. The molecular formula is C13H14O5. The second-order valence-electron chi connectivity index (χ2n) is 4.85. The average molecular weight is 250 g/mol. The van der Waals surface area contributed by atoms with Gasteiger partial charge in [-0.2, -0.15) is 0 Å². The lowest BCUT2D eigenvalue weighted by atomic mass is 9.95. The maximum absolute atomic E-state index is 11.3. The van der Waals surface area contributed by atoms with E-state index in [-0.39, 0.29) is 19.0 Å². The van der Waals surface area contributed by atoms with Gasteiger partial charge in [-0.25, -0.2) is 0 Å². The zero-order valence-electron chi connectivity index (χ0n) is 10.2. The van der Waals surface area contributed by atoms with Crippen LogP contribution in [0.25, 0.3) is 0 Å². The van der Waals surface area contributed by atoms with Gasteiger partial charge in [0.2, 0.25) is 5.78 Å². The minimum absolute atomic E-state index is 0.0507. The number of carboxylic acids is 1. The molecule has 0 bridgehead atoms. The highest BCUT2D eigenvalue weighted by Crippen LogP contribution is 2.30. The van der Waals surface area contributed by atoms with E-state index in [0.717, 1.165) is 0 Å². The van der Waals surface area contributed by atoms with E-state index in [1.165, 1.54) is 0 Å². The SMILES string of the molecule is CC(C)(COc1ccc2c(c1)OCC2=O)C(=O)O. The number of rotatable bonds is 4. The van der Waals surface area contributed by atoms with Crippen molar-refractivity contribution in [1.82, 2.24) is 0 Å². The van der Waals surface area contributed by atoms with Crippen LogP contribution in [0.4, 0.5) is 0 Å². The van der Waals surface area contributed by atoms with Gasteiger partial charge in [0.15, 0.2) is 6.61 Å². The van der Waals surface area contributed by atoms with Crippen molar-refractivity contribution in [3.05, 3.63) is 23.8 Å². The number of hydrogen-bond acceptors (Lipinski definition) is 4. The second-order valence-corrected chi connectivity index (χ2v) is 4.85. The molecule has 5 heteroatoms. The smallest absolute Gasteiger partial charge is 0.312 e. The fourth-order valence-corrected chi connectivity index (χ4v) is 1.49. The fourth-order valence-electron chi connectivity index (χ4n) is 1.49. The summed E-state index contributed by atoms with van der Waals surface area (Å²) in [4.78, 5) is 22.3. The number of ketones is 1. The first-order chi connectivity index (χ1) is 8.40. The average Bonchev–Trinajstić information content (AvgIpc) is 2.68. The molecule has 5 nitrogen and oxygen atoms in total. The first-order valence-corrected chi connectivity index (χ1v) is 5.56. The topological polar surface area (TPSA) is 72.8 Å². The summed E-state index contributed by atoms with van der Waals surface area (Å²) in [5.74, 6) is 0.0147. The van der Waals surface area contributed by atoms with Crippen LogP contribution in [-0.4, -0.2) is 30.1 Å². The van der Waals surface area contributed by atoms with Crippen molar-refractivity contribution >= 4 is 11.8 Å². The van der Waals surface area contributed by atoms with Crippen LogP contribution in [0.5, 0.6) is 11.5 Å². The van der Waals surface area contributed by atoms with Crippen LogP contribution in [0.2, 0.25) is 0 Å². The first kappa shape index (κ1) is 12.4. The number of fused-ring (bicyclic) bond motifs is 1. The number of hydrogen-bond donors (Lipinski definition) is 1. The highest BCUT2D eigenvalue weighted by atomic mass is 16.5. The molecule has 0 aliphatic carbocycles. The van der Waals surface area contributed by atoms with E-state index in [2.05, 4.69) is 0 Å². The summed E-state index contributed by atoms with van der Waals surface area (Å²) >= 11 is 0. The molecule has 1 aromatic rings. The van der Waals surface area contributed by atoms with E-state index in [9.17, 15) is 9.59 Å². The van der Waals surface area contributed by atoms with Gasteiger partial charge in [-0.15, -0.1) is 0 Å². The van der Waals surface area contributed by atoms with Gasteiger partial charge in [0.05, 0.1) is 11.0 Å². The zero-order valence-corrected chi connectivity index (χ0v) is 10.2. The Balaban J connectivity index is 2.08. The molecule has 0 aromatic heterocycles. The summed E-state index contributed by atoms with van der Waals surface area (Å²) in [5.41, 5.74) is -0.421. The third-order valence-electron chi connectivity index (χ3n) is 2.79. The molecule has 1 aromatic carbocycles. The molecule has 18 heavy (non-hydrogen) atoms. The summed E-state index contributed by atoms with van der Waals surface area (Å²) in [5, 5.41) is 8.96. The standard InChI is InChI=1S/C13H14O5/c1-13(2,12(15)16)7-18-8-3-4-9-10(14)6-17-11(9)5-8/h3-5H,6-7H2,1-2H3,(H,15,16). The molecule has 0 amide bonds. The van der Waals surface area contributed by atoms with Gasteiger partial charge in [0.1, 0.15) is 18.1 Å².